The van der Waals surface area contributed by atoms with Crippen LogP contribution in [0.1, 0.15) is 10.4 Å². The van der Waals surface area contributed by atoms with Crippen molar-refractivity contribution in [1.29, 1.82) is 0 Å². The Labute approximate surface area is 99.9 Å². The molecule has 0 saturated carbocycles. The van der Waals surface area contributed by atoms with Crippen molar-refractivity contribution in [3.8, 4) is 0 Å². The molecule has 0 unspecified atom stereocenters. The van der Waals surface area contributed by atoms with Gasteiger partial charge in [-0.05, 0) is 0 Å². The molecule has 2 N–H and O–H groups in total. The summed E-state index contributed by atoms with van der Waals surface area (Å²) in [6, 6.07) is 0.527. The van der Waals surface area contributed by atoms with E-state index in [1.54, 1.807) is 0 Å². The van der Waals surface area contributed by atoms with Crippen LogP contribution in [0.25, 0.3) is 0 Å². The number of benzene rings is 1. The van der Waals surface area contributed by atoms with Crippen molar-refractivity contribution < 1.29 is 23.2 Å². The van der Waals surface area contributed by atoms with Crippen molar-refractivity contribution in [1.82, 2.24) is 0 Å². The molecule has 0 spiro atoms. The molecule has 0 bridgehead atoms. The highest BCUT2D eigenvalue weighted by molar-refractivity contribution is 5.91. The van der Waals surface area contributed by atoms with Crippen LogP contribution in [0.15, 0.2) is 6.07 Å². The van der Waals surface area contributed by atoms with Crippen LogP contribution in [0.5, 0.6) is 0 Å². The maximum absolute atomic E-state index is 13.2. The van der Waals surface area contributed by atoms with Gasteiger partial charge in [-0.2, -0.15) is 0 Å². The summed E-state index contributed by atoms with van der Waals surface area (Å²) in [7, 11) is 0.932. The van der Waals surface area contributed by atoms with Gasteiger partial charge in [0.1, 0.15) is 11.3 Å². The Balaban J connectivity index is 0.00000256. The summed E-state index contributed by atoms with van der Waals surface area (Å²) >= 11 is 0. The normalized spacial score (nSPS) is 9.35. The van der Waals surface area contributed by atoms with Gasteiger partial charge in [-0.3, -0.25) is 10.1 Å². The summed E-state index contributed by atoms with van der Waals surface area (Å²) in [5.41, 5.74) is 2.26. The van der Waals surface area contributed by atoms with Crippen LogP contribution >= 0.6 is 12.4 Å². The van der Waals surface area contributed by atoms with Crippen LogP contribution in [-0.2, 0) is 4.74 Å². The van der Waals surface area contributed by atoms with Crippen molar-refractivity contribution in [2.45, 2.75) is 0 Å². The van der Waals surface area contributed by atoms with E-state index in [1.165, 1.54) is 0 Å². The summed E-state index contributed by atoms with van der Waals surface area (Å²) in [5, 5.41) is 10.4. The van der Waals surface area contributed by atoms with Crippen molar-refractivity contribution in [3.05, 3.63) is 33.4 Å². The average Bonchev–Trinajstić information content (AvgIpc) is 2.25. The predicted molar refractivity (Wildman–Crippen MR) is 56.0 cm³/mol. The number of esters is 1. The van der Waals surface area contributed by atoms with Gasteiger partial charge >= 0.3 is 5.97 Å². The molecule has 94 valence electrons. The zero-order valence-electron chi connectivity index (χ0n) is 8.40. The molecule has 0 radical (unpaired) electrons. The standard InChI is InChI=1S/C8H6F2N2O4.ClH/c1-16-8(13)3-2-4(12(14)15)7(11)6(10)5(3)9;/h2H,11H2,1H3;1H. The van der Waals surface area contributed by atoms with Crippen molar-refractivity contribution in [2.75, 3.05) is 12.8 Å². The molecule has 17 heavy (non-hydrogen) atoms. The number of rotatable bonds is 2. The summed E-state index contributed by atoms with van der Waals surface area (Å²) in [5.74, 6) is -4.44. The molecule has 0 aliphatic rings. The Morgan fingerprint density at radius 2 is 2.00 bits per heavy atom. The van der Waals surface area contributed by atoms with Crippen LogP contribution < -0.4 is 5.73 Å². The third-order valence-corrected chi connectivity index (χ3v) is 1.82. The smallest absolute Gasteiger partial charge is 0.341 e. The number of carbonyl (C=O) groups excluding carboxylic acids is 1. The molecule has 0 amide bonds. The topological polar surface area (TPSA) is 95.5 Å². The second kappa shape index (κ2) is 5.39. The largest absolute Gasteiger partial charge is 0.465 e. The molecular weight excluding hydrogens is 262 g/mol. The summed E-state index contributed by atoms with van der Waals surface area (Å²) in [4.78, 5) is 20.4. The number of hydrogen-bond donors (Lipinski definition) is 1. The SMILES string of the molecule is COC(=O)c1cc([N+](=O)[O-])c(N)c(F)c1F.Cl. The van der Waals surface area contributed by atoms with Crippen LogP contribution in [-0.4, -0.2) is 18.0 Å². The lowest BCUT2D eigenvalue weighted by molar-refractivity contribution is -0.384. The van der Waals surface area contributed by atoms with Crippen molar-refractivity contribution >= 4 is 29.8 Å². The van der Waals surface area contributed by atoms with Crippen LogP contribution in [0.3, 0.4) is 0 Å². The Hall–Kier alpha value is -1.96. The number of nitrogen functional groups attached to an aromatic ring is 1. The number of nitrogens with two attached hydrogens (primary N) is 1. The minimum atomic E-state index is -1.64. The van der Waals surface area contributed by atoms with Crippen molar-refractivity contribution in [2.24, 2.45) is 0 Å². The number of carbonyl (C=O) groups is 1. The van der Waals surface area contributed by atoms with Gasteiger partial charge in [0.25, 0.3) is 5.69 Å². The Morgan fingerprint density at radius 1 is 1.47 bits per heavy atom. The zero-order valence-corrected chi connectivity index (χ0v) is 9.22. The van der Waals surface area contributed by atoms with Gasteiger partial charge in [-0.25, -0.2) is 13.6 Å². The Morgan fingerprint density at radius 3 is 2.41 bits per heavy atom. The van der Waals surface area contributed by atoms with E-state index in [0.29, 0.717) is 6.07 Å². The van der Waals surface area contributed by atoms with E-state index >= 15 is 0 Å². The third-order valence-electron chi connectivity index (χ3n) is 1.82. The van der Waals surface area contributed by atoms with E-state index in [2.05, 4.69) is 4.74 Å². The molecule has 9 heteroatoms. The molecule has 0 aliphatic carbocycles. The van der Waals surface area contributed by atoms with Crippen LogP contribution in [0, 0.1) is 21.7 Å². The lowest BCUT2D eigenvalue weighted by Crippen LogP contribution is -2.10. The summed E-state index contributed by atoms with van der Waals surface area (Å²) < 4.78 is 30.4. The fourth-order valence-corrected chi connectivity index (χ4v) is 1.04. The maximum Gasteiger partial charge on any atom is 0.341 e. The third kappa shape index (κ3) is 2.59. The van der Waals surface area contributed by atoms with Gasteiger partial charge in [-0.15, -0.1) is 12.4 Å². The second-order valence-electron chi connectivity index (χ2n) is 2.73. The molecule has 0 aromatic heterocycles. The molecule has 0 atom stereocenters. The number of anilines is 1. The molecule has 6 nitrogen and oxygen atoms in total. The van der Waals surface area contributed by atoms with Gasteiger partial charge in [0.15, 0.2) is 11.6 Å². The highest BCUT2D eigenvalue weighted by Gasteiger charge is 2.26. The average molecular weight is 269 g/mol. The number of nitro groups is 1. The van der Waals surface area contributed by atoms with E-state index in [-0.39, 0.29) is 12.4 Å². The fraction of sp³-hybridized carbons (Fsp3) is 0.125. The molecule has 0 fully saturated rings. The van der Waals surface area contributed by atoms with Gasteiger partial charge in [-0.1, -0.05) is 0 Å². The fourth-order valence-electron chi connectivity index (χ4n) is 1.04. The minimum Gasteiger partial charge on any atom is -0.465 e. The van der Waals surface area contributed by atoms with Crippen LogP contribution in [0.4, 0.5) is 20.2 Å². The van der Waals surface area contributed by atoms with E-state index in [4.69, 9.17) is 5.73 Å². The molecule has 0 heterocycles. The van der Waals surface area contributed by atoms with Crippen molar-refractivity contribution in [3.63, 3.8) is 0 Å². The highest BCUT2D eigenvalue weighted by atomic mass is 35.5. The minimum absolute atomic E-state index is 0. The van der Waals surface area contributed by atoms with E-state index in [1.807, 2.05) is 0 Å². The first-order chi connectivity index (χ1) is 7.40. The van der Waals surface area contributed by atoms with Gasteiger partial charge in [0, 0.05) is 6.07 Å². The first-order valence-corrected chi connectivity index (χ1v) is 3.90. The molecule has 1 aromatic rings. The van der Waals surface area contributed by atoms with E-state index in [0.717, 1.165) is 7.11 Å². The molecule has 0 saturated heterocycles. The Kier molecular flexibility index (Phi) is 4.77. The number of hydrogen-bond acceptors (Lipinski definition) is 5. The van der Waals surface area contributed by atoms with E-state index in [9.17, 15) is 23.7 Å². The zero-order chi connectivity index (χ0) is 12.5. The monoisotopic (exact) mass is 268 g/mol. The van der Waals surface area contributed by atoms with E-state index < -0.39 is 39.5 Å². The predicted octanol–water partition coefficient (Wildman–Crippen LogP) is 1.66. The summed E-state index contributed by atoms with van der Waals surface area (Å²) in [6.45, 7) is 0. The lowest BCUT2D eigenvalue weighted by atomic mass is 10.1. The number of nitro benzene ring substituents is 1. The van der Waals surface area contributed by atoms with Crippen LogP contribution in [0.2, 0.25) is 0 Å². The number of nitrogens with zero attached hydrogens (tertiary/aromatic N) is 1. The van der Waals surface area contributed by atoms with Gasteiger partial charge in [0.2, 0.25) is 0 Å². The quantitative estimate of drug-likeness (QED) is 0.381. The number of ether oxygens (including phenoxy) is 1. The Bertz CT molecular complexity index is 481. The maximum atomic E-state index is 13.2. The first-order valence-electron chi connectivity index (χ1n) is 3.90. The molecule has 1 aromatic carbocycles. The highest BCUT2D eigenvalue weighted by Crippen LogP contribution is 2.29. The van der Waals surface area contributed by atoms with Gasteiger partial charge < -0.3 is 10.5 Å². The number of methoxy groups -OCH3 is 1. The number of halogens is 3. The van der Waals surface area contributed by atoms with Gasteiger partial charge in [0.05, 0.1) is 12.0 Å². The summed E-state index contributed by atoms with van der Waals surface area (Å²) in [6.07, 6.45) is 0. The first kappa shape index (κ1) is 15.0. The molecule has 1 rings (SSSR count). The molecular formula is C8H7ClF2N2O4. The molecule has 0 aliphatic heterocycles. The lowest BCUT2D eigenvalue weighted by Gasteiger charge is -2.04. The second-order valence-corrected chi connectivity index (χ2v) is 2.73.